The Bertz CT molecular complexity index is 789. The number of aryl methyl sites for hydroxylation is 1. The average molecular weight is 317 g/mol. The van der Waals surface area contributed by atoms with Crippen LogP contribution >= 0.6 is 0 Å². The van der Waals surface area contributed by atoms with Gasteiger partial charge >= 0.3 is 5.97 Å². The number of hydrogen-bond donors (Lipinski definition) is 2. The second-order valence-electron chi connectivity index (χ2n) is 5.70. The van der Waals surface area contributed by atoms with Gasteiger partial charge in [0.1, 0.15) is 0 Å². The first-order valence-electron chi connectivity index (χ1n) is 7.86. The van der Waals surface area contributed by atoms with Crippen molar-refractivity contribution in [3.8, 4) is 0 Å². The third kappa shape index (κ3) is 3.30. The molecule has 3 aromatic rings. The van der Waals surface area contributed by atoms with Crippen LogP contribution in [-0.4, -0.2) is 11.1 Å². The van der Waals surface area contributed by atoms with E-state index in [0.717, 1.165) is 16.7 Å². The third-order valence-electron chi connectivity index (χ3n) is 4.06. The number of anilines is 1. The summed E-state index contributed by atoms with van der Waals surface area (Å²) in [4.78, 5) is 11.6. The van der Waals surface area contributed by atoms with Crippen LogP contribution < -0.4 is 5.32 Å². The minimum Gasteiger partial charge on any atom is -0.478 e. The minimum atomic E-state index is -0.930. The number of para-hydroxylation sites is 1. The van der Waals surface area contributed by atoms with E-state index in [1.165, 1.54) is 0 Å². The van der Waals surface area contributed by atoms with Crippen molar-refractivity contribution in [2.45, 2.75) is 13.0 Å². The van der Waals surface area contributed by atoms with E-state index in [4.69, 9.17) is 0 Å². The summed E-state index contributed by atoms with van der Waals surface area (Å²) in [6, 6.07) is 25.3. The molecule has 3 nitrogen and oxygen atoms in total. The molecule has 120 valence electrons. The Morgan fingerprint density at radius 1 is 0.833 bits per heavy atom. The van der Waals surface area contributed by atoms with E-state index in [2.05, 4.69) is 5.32 Å². The Morgan fingerprint density at radius 3 is 1.88 bits per heavy atom. The number of rotatable bonds is 5. The molecule has 0 saturated carbocycles. The van der Waals surface area contributed by atoms with E-state index < -0.39 is 5.97 Å². The molecule has 24 heavy (non-hydrogen) atoms. The van der Waals surface area contributed by atoms with Crippen LogP contribution in [0.4, 0.5) is 5.69 Å². The number of carboxylic acid groups (broad SMARTS) is 1. The molecule has 0 bridgehead atoms. The number of carboxylic acids is 1. The maximum absolute atomic E-state index is 11.6. The van der Waals surface area contributed by atoms with E-state index >= 15 is 0 Å². The van der Waals surface area contributed by atoms with Crippen LogP contribution in [0.5, 0.6) is 0 Å². The van der Waals surface area contributed by atoms with Gasteiger partial charge in [0.25, 0.3) is 0 Å². The van der Waals surface area contributed by atoms with Crippen molar-refractivity contribution in [2.75, 3.05) is 5.32 Å². The lowest BCUT2D eigenvalue weighted by Crippen LogP contribution is -2.15. The summed E-state index contributed by atoms with van der Waals surface area (Å²) in [7, 11) is 0. The Kier molecular flexibility index (Phi) is 4.62. The zero-order valence-electron chi connectivity index (χ0n) is 13.4. The van der Waals surface area contributed by atoms with E-state index in [0.29, 0.717) is 5.69 Å². The summed E-state index contributed by atoms with van der Waals surface area (Å²) in [5.74, 6) is -0.930. The van der Waals surface area contributed by atoms with Crippen molar-refractivity contribution in [3.05, 3.63) is 101 Å². The van der Waals surface area contributed by atoms with E-state index in [9.17, 15) is 9.90 Å². The highest BCUT2D eigenvalue weighted by Gasteiger charge is 2.18. The van der Waals surface area contributed by atoms with Gasteiger partial charge in [-0.1, -0.05) is 72.8 Å². The normalized spacial score (nSPS) is 10.6. The van der Waals surface area contributed by atoms with E-state index in [1.807, 2.05) is 73.7 Å². The number of aromatic carboxylic acids is 1. The van der Waals surface area contributed by atoms with Crippen LogP contribution in [0.25, 0.3) is 0 Å². The standard InChI is InChI=1S/C21H19NO2/c1-15-9-8-14-18(21(23)24)19(15)22-20(16-10-4-2-5-11-16)17-12-6-3-7-13-17/h2-14,20,22H,1H3,(H,23,24). The summed E-state index contributed by atoms with van der Waals surface area (Å²) in [5, 5.41) is 13.0. The van der Waals surface area contributed by atoms with Crippen molar-refractivity contribution in [1.82, 2.24) is 0 Å². The zero-order valence-corrected chi connectivity index (χ0v) is 13.4. The van der Waals surface area contributed by atoms with Crippen LogP contribution in [0.2, 0.25) is 0 Å². The van der Waals surface area contributed by atoms with Crippen molar-refractivity contribution >= 4 is 11.7 Å². The quantitative estimate of drug-likeness (QED) is 0.704. The predicted octanol–water partition coefficient (Wildman–Crippen LogP) is 4.89. The van der Waals surface area contributed by atoms with Gasteiger partial charge in [0.2, 0.25) is 0 Å². The second kappa shape index (κ2) is 7.01. The van der Waals surface area contributed by atoms with Crippen LogP contribution in [-0.2, 0) is 0 Å². The van der Waals surface area contributed by atoms with Gasteiger partial charge in [-0.3, -0.25) is 0 Å². The van der Waals surface area contributed by atoms with Gasteiger partial charge in [0, 0.05) is 0 Å². The highest BCUT2D eigenvalue weighted by molar-refractivity contribution is 5.95. The lowest BCUT2D eigenvalue weighted by atomic mass is 9.97. The highest BCUT2D eigenvalue weighted by atomic mass is 16.4. The SMILES string of the molecule is Cc1cccc(C(=O)O)c1NC(c1ccccc1)c1ccccc1. The molecule has 3 heteroatoms. The number of benzene rings is 3. The Labute approximate surface area is 141 Å². The molecular formula is C21H19NO2. The van der Waals surface area contributed by atoms with Gasteiger partial charge in [0.05, 0.1) is 17.3 Å². The van der Waals surface area contributed by atoms with Crippen molar-refractivity contribution in [1.29, 1.82) is 0 Å². The summed E-state index contributed by atoms with van der Waals surface area (Å²) in [6.45, 7) is 1.92. The molecule has 3 aromatic carbocycles. The fourth-order valence-electron chi connectivity index (χ4n) is 2.83. The van der Waals surface area contributed by atoms with Crippen LogP contribution in [0.3, 0.4) is 0 Å². The highest BCUT2D eigenvalue weighted by Crippen LogP contribution is 2.30. The molecule has 0 aliphatic heterocycles. The number of nitrogens with one attached hydrogen (secondary N) is 1. The minimum absolute atomic E-state index is 0.119. The van der Waals surface area contributed by atoms with Crippen LogP contribution in [0.1, 0.15) is 33.1 Å². The molecule has 0 amide bonds. The maximum atomic E-state index is 11.6. The Morgan fingerprint density at radius 2 is 1.38 bits per heavy atom. The molecule has 2 N–H and O–H groups in total. The lowest BCUT2D eigenvalue weighted by molar-refractivity contribution is 0.0698. The number of carbonyl (C=O) groups is 1. The summed E-state index contributed by atoms with van der Waals surface area (Å²) < 4.78 is 0. The molecule has 0 atom stereocenters. The van der Waals surface area contributed by atoms with E-state index in [-0.39, 0.29) is 11.6 Å². The molecule has 0 radical (unpaired) electrons. The third-order valence-corrected chi connectivity index (χ3v) is 4.06. The molecule has 0 aliphatic rings. The topological polar surface area (TPSA) is 49.3 Å². The summed E-state index contributed by atoms with van der Waals surface area (Å²) in [6.07, 6.45) is 0. The summed E-state index contributed by atoms with van der Waals surface area (Å²) >= 11 is 0. The molecular weight excluding hydrogens is 298 g/mol. The van der Waals surface area contributed by atoms with Gasteiger partial charge in [0.15, 0.2) is 0 Å². The lowest BCUT2D eigenvalue weighted by Gasteiger charge is -2.23. The molecule has 0 fully saturated rings. The molecule has 0 aromatic heterocycles. The zero-order chi connectivity index (χ0) is 16.9. The van der Waals surface area contributed by atoms with Gasteiger partial charge in [-0.05, 0) is 29.7 Å². The first kappa shape index (κ1) is 15.8. The van der Waals surface area contributed by atoms with Gasteiger partial charge in [-0.2, -0.15) is 0 Å². The molecule has 3 rings (SSSR count). The van der Waals surface area contributed by atoms with Gasteiger partial charge in [-0.15, -0.1) is 0 Å². The largest absolute Gasteiger partial charge is 0.478 e. The van der Waals surface area contributed by atoms with Gasteiger partial charge in [-0.25, -0.2) is 4.79 Å². The maximum Gasteiger partial charge on any atom is 0.337 e. The van der Waals surface area contributed by atoms with Crippen molar-refractivity contribution in [2.24, 2.45) is 0 Å². The first-order chi connectivity index (χ1) is 11.7. The molecule has 0 unspecified atom stereocenters. The molecule has 0 aliphatic carbocycles. The fourth-order valence-corrected chi connectivity index (χ4v) is 2.83. The molecule has 0 spiro atoms. The number of hydrogen-bond acceptors (Lipinski definition) is 2. The van der Waals surface area contributed by atoms with Crippen LogP contribution in [0.15, 0.2) is 78.9 Å². The first-order valence-corrected chi connectivity index (χ1v) is 7.86. The second-order valence-corrected chi connectivity index (χ2v) is 5.70. The van der Waals surface area contributed by atoms with E-state index in [1.54, 1.807) is 12.1 Å². The molecule has 0 saturated heterocycles. The van der Waals surface area contributed by atoms with Crippen molar-refractivity contribution in [3.63, 3.8) is 0 Å². The Hall–Kier alpha value is -3.07. The average Bonchev–Trinajstić information content (AvgIpc) is 2.62. The molecule has 0 heterocycles. The monoisotopic (exact) mass is 317 g/mol. The Balaban J connectivity index is 2.08. The van der Waals surface area contributed by atoms with Crippen LogP contribution in [0, 0.1) is 6.92 Å². The fraction of sp³-hybridized carbons (Fsp3) is 0.0952. The summed E-state index contributed by atoms with van der Waals surface area (Å²) in [5.41, 5.74) is 4.02. The van der Waals surface area contributed by atoms with Gasteiger partial charge < -0.3 is 10.4 Å². The smallest absolute Gasteiger partial charge is 0.337 e. The van der Waals surface area contributed by atoms with Crippen molar-refractivity contribution < 1.29 is 9.90 Å². The predicted molar refractivity (Wildman–Crippen MR) is 96.5 cm³/mol.